The normalized spacial score (nSPS) is 9.35. The van der Waals surface area contributed by atoms with E-state index in [4.69, 9.17) is 10.5 Å². The molecule has 1 rings (SSSR count). The van der Waals surface area contributed by atoms with Gasteiger partial charge >= 0.3 is 0 Å². The Hall–Kier alpha value is -1.26. The maximum Gasteiger partial charge on any atom is 0.236 e. The molecule has 0 unspecified atom stereocenters. The van der Waals surface area contributed by atoms with Gasteiger partial charge in [0.1, 0.15) is 5.75 Å². The predicted octanol–water partition coefficient (Wildman–Crippen LogP) is 1.08. The molecule has 0 bridgehead atoms. The molecule has 0 aliphatic carbocycles. The lowest BCUT2D eigenvalue weighted by Gasteiger charge is -2.16. The van der Waals surface area contributed by atoms with Gasteiger partial charge in [-0.3, -0.25) is 4.79 Å². The van der Waals surface area contributed by atoms with E-state index in [1.807, 2.05) is 24.3 Å². The molecule has 4 nitrogen and oxygen atoms in total. The Balaban J connectivity index is 0.00000256. The fraction of sp³-hybridized carbons (Fsp3) is 0.417. The zero-order valence-electron chi connectivity index (χ0n) is 10.2. The molecule has 1 aromatic carbocycles. The largest absolute Gasteiger partial charge is 0.496 e. The minimum Gasteiger partial charge on any atom is -0.496 e. The Bertz CT molecular complexity index is 358. The summed E-state index contributed by atoms with van der Waals surface area (Å²) in [6, 6.07) is 7.80. The molecule has 0 saturated carbocycles. The topological polar surface area (TPSA) is 55.6 Å². The number of nitrogens with zero attached hydrogens (tertiary/aromatic N) is 1. The van der Waals surface area contributed by atoms with Crippen LogP contribution in [0, 0.1) is 0 Å². The van der Waals surface area contributed by atoms with Crippen LogP contribution < -0.4 is 10.5 Å². The van der Waals surface area contributed by atoms with Gasteiger partial charge in [-0.2, -0.15) is 0 Å². The first-order valence-electron chi connectivity index (χ1n) is 5.25. The molecular weight excluding hydrogens is 240 g/mol. The van der Waals surface area contributed by atoms with E-state index < -0.39 is 0 Å². The summed E-state index contributed by atoms with van der Waals surface area (Å²) >= 11 is 0. The zero-order valence-corrected chi connectivity index (χ0v) is 11.0. The summed E-state index contributed by atoms with van der Waals surface area (Å²) in [5.41, 5.74) is 6.38. The van der Waals surface area contributed by atoms with Crippen LogP contribution in [0.15, 0.2) is 24.3 Å². The van der Waals surface area contributed by atoms with Crippen LogP contribution in [-0.2, 0) is 11.2 Å². The van der Waals surface area contributed by atoms with E-state index in [2.05, 4.69) is 0 Å². The van der Waals surface area contributed by atoms with Crippen LogP contribution >= 0.6 is 12.4 Å². The fourth-order valence-electron chi connectivity index (χ4n) is 1.48. The van der Waals surface area contributed by atoms with Gasteiger partial charge in [0.2, 0.25) is 5.91 Å². The number of carbonyl (C=O) groups is 1. The molecule has 0 aliphatic heterocycles. The zero-order chi connectivity index (χ0) is 12.0. The van der Waals surface area contributed by atoms with Crippen molar-refractivity contribution in [3.05, 3.63) is 29.8 Å². The number of benzene rings is 1. The molecule has 0 saturated heterocycles. The van der Waals surface area contributed by atoms with Crippen LogP contribution in [0.2, 0.25) is 0 Å². The van der Waals surface area contributed by atoms with Gasteiger partial charge in [0, 0.05) is 13.6 Å². The minimum atomic E-state index is -0.0464. The van der Waals surface area contributed by atoms with Crippen molar-refractivity contribution in [3.8, 4) is 5.75 Å². The first kappa shape index (κ1) is 15.7. The van der Waals surface area contributed by atoms with Crippen molar-refractivity contribution in [1.82, 2.24) is 4.90 Å². The lowest BCUT2D eigenvalue weighted by atomic mass is 10.1. The van der Waals surface area contributed by atoms with Crippen molar-refractivity contribution in [3.63, 3.8) is 0 Å². The summed E-state index contributed by atoms with van der Waals surface area (Å²) in [5, 5.41) is 0. The highest BCUT2D eigenvalue weighted by Gasteiger charge is 2.07. The molecule has 0 aliphatic rings. The molecule has 2 N–H and O–H groups in total. The Labute approximate surface area is 108 Å². The van der Waals surface area contributed by atoms with Gasteiger partial charge in [-0.1, -0.05) is 18.2 Å². The molecule has 0 radical (unpaired) electrons. The standard InChI is InChI=1S/C12H18N2O2.ClH/c1-14(12(15)9-13)8-7-10-5-3-4-6-11(10)16-2;/h3-6H,7-9,13H2,1-2H3;1H. The number of carbonyl (C=O) groups excluding carboxylic acids is 1. The number of para-hydroxylation sites is 1. The van der Waals surface area contributed by atoms with Gasteiger partial charge in [-0.15, -0.1) is 12.4 Å². The second kappa shape index (κ2) is 7.92. The number of hydrogen-bond donors (Lipinski definition) is 1. The number of nitrogens with two attached hydrogens (primary N) is 1. The molecule has 1 aromatic rings. The smallest absolute Gasteiger partial charge is 0.236 e. The summed E-state index contributed by atoms with van der Waals surface area (Å²) in [6.45, 7) is 0.707. The summed E-state index contributed by atoms with van der Waals surface area (Å²) in [5.74, 6) is 0.811. The highest BCUT2D eigenvalue weighted by atomic mass is 35.5. The molecule has 17 heavy (non-hydrogen) atoms. The second-order valence-electron chi connectivity index (χ2n) is 3.58. The molecule has 0 aromatic heterocycles. The summed E-state index contributed by atoms with van der Waals surface area (Å²) < 4.78 is 5.24. The number of amides is 1. The molecule has 0 atom stereocenters. The molecule has 0 spiro atoms. The van der Waals surface area contributed by atoms with Crippen molar-refractivity contribution in [1.29, 1.82) is 0 Å². The average Bonchev–Trinajstić information content (AvgIpc) is 2.35. The summed E-state index contributed by atoms with van der Waals surface area (Å²) in [4.78, 5) is 12.9. The Kier molecular flexibility index (Phi) is 7.34. The van der Waals surface area contributed by atoms with Crippen molar-refractivity contribution < 1.29 is 9.53 Å². The maximum absolute atomic E-state index is 11.3. The third kappa shape index (κ3) is 4.63. The monoisotopic (exact) mass is 258 g/mol. The average molecular weight is 259 g/mol. The van der Waals surface area contributed by atoms with Gasteiger partial charge in [0.05, 0.1) is 13.7 Å². The Morgan fingerprint density at radius 2 is 2.06 bits per heavy atom. The van der Waals surface area contributed by atoms with Crippen LogP contribution in [0.5, 0.6) is 5.75 Å². The van der Waals surface area contributed by atoms with E-state index in [-0.39, 0.29) is 24.9 Å². The number of ether oxygens (including phenoxy) is 1. The minimum absolute atomic E-state index is 0. The van der Waals surface area contributed by atoms with E-state index >= 15 is 0 Å². The van der Waals surface area contributed by atoms with Crippen LogP contribution in [0.4, 0.5) is 0 Å². The number of rotatable bonds is 5. The van der Waals surface area contributed by atoms with E-state index in [9.17, 15) is 4.79 Å². The lowest BCUT2D eigenvalue weighted by molar-refractivity contribution is -0.128. The Morgan fingerprint density at radius 1 is 1.41 bits per heavy atom. The van der Waals surface area contributed by atoms with Gasteiger partial charge in [-0.05, 0) is 18.1 Å². The Morgan fingerprint density at radius 3 is 2.65 bits per heavy atom. The summed E-state index contributed by atoms with van der Waals surface area (Å²) in [6.07, 6.45) is 0.770. The number of likely N-dealkylation sites (N-methyl/N-ethyl adjacent to an activating group) is 1. The van der Waals surface area contributed by atoms with Gasteiger partial charge in [0.25, 0.3) is 0 Å². The molecule has 0 fully saturated rings. The van der Waals surface area contributed by atoms with Gasteiger partial charge in [0.15, 0.2) is 0 Å². The number of methoxy groups -OCH3 is 1. The van der Waals surface area contributed by atoms with E-state index in [1.165, 1.54) is 0 Å². The van der Waals surface area contributed by atoms with E-state index in [0.29, 0.717) is 6.54 Å². The second-order valence-corrected chi connectivity index (χ2v) is 3.58. The van der Waals surface area contributed by atoms with Crippen molar-refractivity contribution in [2.24, 2.45) is 5.73 Å². The SMILES string of the molecule is COc1ccccc1CCN(C)C(=O)CN.Cl. The van der Waals surface area contributed by atoms with Crippen LogP contribution in [0.25, 0.3) is 0 Å². The molecule has 1 amide bonds. The summed E-state index contributed by atoms with van der Waals surface area (Å²) in [7, 11) is 3.40. The first-order valence-corrected chi connectivity index (χ1v) is 5.25. The van der Waals surface area contributed by atoms with Gasteiger partial charge in [-0.25, -0.2) is 0 Å². The maximum atomic E-state index is 11.3. The third-order valence-corrected chi connectivity index (χ3v) is 2.51. The van der Waals surface area contributed by atoms with E-state index in [0.717, 1.165) is 17.7 Å². The van der Waals surface area contributed by atoms with Crippen LogP contribution in [-0.4, -0.2) is 38.1 Å². The fourth-order valence-corrected chi connectivity index (χ4v) is 1.48. The number of halogens is 1. The highest BCUT2D eigenvalue weighted by molar-refractivity contribution is 5.85. The molecule has 5 heteroatoms. The van der Waals surface area contributed by atoms with Crippen LogP contribution in [0.1, 0.15) is 5.56 Å². The van der Waals surface area contributed by atoms with Crippen LogP contribution in [0.3, 0.4) is 0 Å². The quantitative estimate of drug-likeness (QED) is 0.860. The van der Waals surface area contributed by atoms with Crippen molar-refractivity contribution in [2.45, 2.75) is 6.42 Å². The van der Waals surface area contributed by atoms with Gasteiger partial charge < -0.3 is 15.4 Å². The molecule has 0 heterocycles. The first-order chi connectivity index (χ1) is 7.69. The lowest BCUT2D eigenvalue weighted by Crippen LogP contribution is -2.34. The predicted molar refractivity (Wildman–Crippen MR) is 70.6 cm³/mol. The molecular formula is C12H19ClN2O2. The van der Waals surface area contributed by atoms with Crippen molar-refractivity contribution in [2.75, 3.05) is 27.2 Å². The molecule has 96 valence electrons. The number of hydrogen-bond acceptors (Lipinski definition) is 3. The van der Waals surface area contributed by atoms with E-state index in [1.54, 1.807) is 19.1 Å². The highest BCUT2D eigenvalue weighted by Crippen LogP contribution is 2.17. The van der Waals surface area contributed by atoms with Crippen molar-refractivity contribution >= 4 is 18.3 Å². The third-order valence-electron chi connectivity index (χ3n) is 2.51.